The summed E-state index contributed by atoms with van der Waals surface area (Å²) in [5.41, 5.74) is -2.36. The molecular weight excluding hydrogens is 382 g/mol. The monoisotopic (exact) mass is 390 g/mol. The lowest BCUT2D eigenvalue weighted by molar-refractivity contribution is 0.486. The first-order valence-corrected chi connectivity index (χ1v) is 7.90. The number of halogens is 6. The van der Waals surface area contributed by atoms with Crippen LogP contribution in [0.15, 0.2) is 49.1 Å². The first-order chi connectivity index (χ1) is 13.4. The van der Waals surface area contributed by atoms with Crippen LogP contribution in [0.3, 0.4) is 0 Å². The van der Waals surface area contributed by atoms with Crippen LogP contribution in [0.5, 0.6) is 0 Å². The second kappa shape index (κ2) is 6.63. The molecular formula is C20H8F6N2. The van der Waals surface area contributed by atoms with Crippen LogP contribution in [0.25, 0.3) is 33.0 Å². The van der Waals surface area contributed by atoms with Crippen LogP contribution < -0.4 is 0 Å². The number of hydrogen-bond acceptors (Lipinski definition) is 2. The van der Waals surface area contributed by atoms with Crippen molar-refractivity contribution in [3.63, 3.8) is 0 Å². The van der Waals surface area contributed by atoms with Crippen LogP contribution in [0.2, 0.25) is 0 Å². The Hall–Kier alpha value is -3.42. The van der Waals surface area contributed by atoms with Crippen molar-refractivity contribution in [3.8, 4) is 22.3 Å². The van der Waals surface area contributed by atoms with Crippen molar-refractivity contribution in [3.05, 3.63) is 84.0 Å². The molecule has 0 spiro atoms. The highest BCUT2D eigenvalue weighted by Gasteiger charge is 2.31. The molecule has 0 aliphatic carbocycles. The second-order valence-corrected chi connectivity index (χ2v) is 5.87. The second-order valence-electron chi connectivity index (χ2n) is 5.87. The van der Waals surface area contributed by atoms with Gasteiger partial charge in [0.2, 0.25) is 0 Å². The van der Waals surface area contributed by atoms with E-state index in [4.69, 9.17) is 0 Å². The van der Waals surface area contributed by atoms with E-state index in [1.54, 1.807) is 0 Å². The van der Waals surface area contributed by atoms with Crippen LogP contribution >= 0.6 is 0 Å². The molecule has 140 valence electrons. The van der Waals surface area contributed by atoms with Gasteiger partial charge in [-0.15, -0.1) is 0 Å². The summed E-state index contributed by atoms with van der Waals surface area (Å²) in [6.45, 7) is 0. The molecule has 2 aromatic heterocycles. The number of fused-ring (bicyclic) bond motifs is 1. The minimum Gasteiger partial charge on any atom is -0.264 e. The van der Waals surface area contributed by atoms with Crippen LogP contribution in [0.4, 0.5) is 26.3 Å². The SMILES string of the molecule is Fc1c(-c2cccnc2)c(F)c2c(F)c(F)c(-c3cccnc3)c(F)c2c1F. The first-order valence-electron chi connectivity index (χ1n) is 7.90. The Kier molecular flexibility index (Phi) is 4.26. The molecule has 0 bridgehead atoms. The fraction of sp³-hybridized carbons (Fsp3) is 0. The van der Waals surface area contributed by atoms with Crippen LogP contribution in [-0.4, -0.2) is 9.97 Å². The third-order valence-electron chi connectivity index (χ3n) is 4.29. The quantitative estimate of drug-likeness (QED) is 0.319. The van der Waals surface area contributed by atoms with Crippen LogP contribution in [0.1, 0.15) is 0 Å². The van der Waals surface area contributed by atoms with Crippen molar-refractivity contribution in [1.82, 2.24) is 9.97 Å². The molecule has 0 fully saturated rings. The zero-order chi connectivity index (χ0) is 20.0. The summed E-state index contributed by atoms with van der Waals surface area (Å²) >= 11 is 0. The predicted octanol–water partition coefficient (Wildman–Crippen LogP) is 5.80. The Labute approximate surface area is 154 Å². The highest BCUT2D eigenvalue weighted by Crippen LogP contribution is 2.41. The fourth-order valence-electron chi connectivity index (χ4n) is 3.04. The van der Waals surface area contributed by atoms with Crippen molar-refractivity contribution in [2.45, 2.75) is 0 Å². The predicted molar refractivity (Wildman–Crippen MR) is 90.2 cm³/mol. The maximum absolute atomic E-state index is 14.9. The molecule has 0 unspecified atom stereocenters. The van der Waals surface area contributed by atoms with Crippen molar-refractivity contribution < 1.29 is 26.3 Å². The largest absolute Gasteiger partial charge is 0.264 e. The number of nitrogens with zero attached hydrogens (tertiary/aromatic N) is 2. The van der Waals surface area contributed by atoms with Crippen LogP contribution in [-0.2, 0) is 0 Å². The van der Waals surface area contributed by atoms with Gasteiger partial charge >= 0.3 is 0 Å². The van der Waals surface area contributed by atoms with E-state index in [1.165, 1.54) is 36.7 Å². The summed E-state index contributed by atoms with van der Waals surface area (Å²) in [4.78, 5) is 7.32. The number of benzene rings is 2. The third kappa shape index (κ3) is 2.52. The summed E-state index contributed by atoms with van der Waals surface area (Å²) in [6, 6.07) is 5.04. The van der Waals surface area contributed by atoms with Gasteiger partial charge in [0.15, 0.2) is 23.3 Å². The van der Waals surface area contributed by atoms with E-state index in [9.17, 15) is 26.3 Å². The Morgan fingerprint density at radius 1 is 0.500 bits per heavy atom. The number of rotatable bonds is 2. The highest BCUT2D eigenvalue weighted by molar-refractivity contribution is 5.93. The zero-order valence-corrected chi connectivity index (χ0v) is 13.8. The smallest absolute Gasteiger partial charge is 0.170 e. The molecule has 0 atom stereocenters. The van der Waals surface area contributed by atoms with E-state index >= 15 is 0 Å². The molecule has 0 radical (unpaired) electrons. The van der Waals surface area contributed by atoms with Gasteiger partial charge in [0.05, 0.1) is 21.9 Å². The average Bonchev–Trinajstić information content (AvgIpc) is 2.71. The molecule has 0 aliphatic rings. The van der Waals surface area contributed by atoms with Crippen molar-refractivity contribution >= 4 is 10.8 Å². The highest BCUT2D eigenvalue weighted by atomic mass is 19.2. The lowest BCUT2D eigenvalue weighted by Gasteiger charge is -2.15. The van der Waals surface area contributed by atoms with Gasteiger partial charge in [-0.3, -0.25) is 9.97 Å². The fourth-order valence-corrected chi connectivity index (χ4v) is 3.04. The van der Waals surface area contributed by atoms with E-state index in [0.29, 0.717) is 0 Å². The van der Waals surface area contributed by atoms with E-state index < -0.39 is 56.8 Å². The number of aromatic nitrogens is 2. The van der Waals surface area contributed by atoms with Crippen molar-refractivity contribution in [2.24, 2.45) is 0 Å². The molecule has 0 amide bonds. The molecule has 4 aromatic rings. The van der Waals surface area contributed by atoms with E-state index in [0.717, 1.165) is 12.4 Å². The summed E-state index contributed by atoms with van der Waals surface area (Å²) < 4.78 is 88.4. The van der Waals surface area contributed by atoms with Gasteiger partial charge in [0, 0.05) is 35.9 Å². The van der Waals surface area contributed by atoms with Gasteiger partial charge in [0.25, 0.3) is 0 Å². The Morgan fingerprint density at radius 3 is 1.21 bits per heavy atom. The van der Waals surface area contributed by atoms with Crippen molar-refractivity contribution in [2.75, 3.05) is 0 Å². The zero-order valence-electron chi connectivity index (χ0n) is 13.8. The van der Waals surface area contributed by atoms with Gasteiger partial charge in [0.1, 0.15) is 11.6 Å². The van der Waals surface area contributed by atoms with Gasteiger partial charge in [-0.2, -0.15) is 0 Å². The summed E-state index contributed by atoms with van der Waals surface area (Å²) in [7, 11) is 0. The van der Waals surface area contributed by atoms with E-state index in [1.807, 2.05) is 0 Å². The normalized spacial score (nSPS) is 11.2. The molecule has 0 N–H and O–H groups in total. The Bertz CT molecular complexity index is 1110. The molecule has 0 aliphatic heterocycles. The van der Waals surface area contributed by atoms with Crippen molar-refractivity contribution in [1.29, 1.82) is 0 Å². The van der Waals surface area contributed by atoms with E-state index in [-0.39, 0.29) is 11.1 Å². The number of pyridine rings is 2. The lowest BCUT2D eigenvalue weighted by atomic mass is 9.95. The van der Waals surface area contributed by atoms with Crippen LogP contribution in [0, 0.1) is 34.9 Å². The average molecular weight is 390 g/mol. The molecule has 0 saturated heterocycles. The minimum atomic E-state index is -1.84. The molecule has 4 rings (SSSR count). The molecule has 2 heterocycles. The minimum absolute atomic E-state index is 0.213. The summed E-state index contributed by atoms with van der Waals surface area (Å²) in [6.07, 6.45) is 4.64. The maximum atomic E-state index is 14.9. The van der Waals surface area contributed by atoms with E-state index in [2.05, 4.69) is 9.97 Å². The third-order valence-corrected chi connectivity index (χ3v) is 4.29. The van der Waals surface area contributed by atoms with Gasteiger partial charge in [-0.1, -0.05) is 12.1 Å². The number of hydrogen-bond donors (Lipinski definition) is 0. The summed E-state index contributed by atoms with van der Waals surface area (Å²) in [5.74, 6) is -10.4. The molecule has 2 nitrogen and oxygen atoms in total. The lowest BCUT2D eigenvalue weighted by Crippen LogP contribution is -2.05. The molecule has 2 aromatic carbocycles. The Balaban J connectivity index is 2.17. The maximum Gasteiger partial charge on any atom is 0.170 e. The first kappa shape index (κ1) is 18.0. The Morgan fingerprint density at radius 2 is 0.893 bits per heavy atom. The van der Waals surface area contributed by atoms with Gasteiger partial charge in [-0.25, -0.2) is 26.3 Å². The topological polar surface area (TPSA) is 25.8 Å². The molecule has 28 heavy (non-hydrogen) atoms. The van der Waals surface area contributed by atoms with Gasteiger partial charge < -0.3 is 0 Å². The molecule has 8 heteroatoms. The van der Waals surface area contributed by atoms with Gasteiger partial charge in [-0.05, 0) is 12.1 Å². The summed E-state index contributed by atoms with van der Waals surface area (Å²) in [5, 5.41) is -2.64. The molecule has 0 saturated carbocycles. The standard InChI is InChI=1S/C20H8F6N2/c21-15-11(9-3-1-5-27-7-9)17(23)19(25)14-13(15)20(26)18(24)12(16(14)22)10-4-2-6-28-8-10/h1-8H.